The molecular weight excluding hydrogens is 734 g/mol. The van der Waals surface area contributed by atoms with Crippen LogP contribution in [0.15, 0.2) is 88.7 Å². The van der Waals surface area contributed by atoms with Crippen LogP contribution in [0.3, 0.4) is 0 Å². The van der Waals surface area contributed by atoms with Gasteiger partial charge in [0.25, 0.3) is 5.56 Å². The molecule has 0 saturated heterocycles. The summed E-state index contributed by atoms with van der Waals surface area (Å²) in [4.78, 5) is 19.8. The van der Waals surface area contributed by atoms with Gasteiger partial charge in [-0.2, -0.15) is 0 Å². The molecule has 1 aromatic heterocycles. The van der Waals surface area contributed by atoms with Crippen LogP contribution in [-0.4, -0.2) is 18.3 Å². The second-order valence-corrected chi connectivity index (χ2v) is 12.6. The number of hydrogen-bond acceptors (Lipinski definition) is 5. The molecule has 0 bridgehead atoms. The van der Waals surface area contributed by atoms with Crippen molar-refractivity contribution in [2.75, 3.05) is 13.7 Å². The summed E-state index contributed by atoms with van der Waals surface area (Å²) in [6.07, 6.45) is 5.49. The largest absolute Gasteiger partial charge is 0.497 e. The Morgan fingerprint density at radius 3 is 2.56 bits per heavy atom. The van der Waals surface area contributed by atoms with Gasteiger partial charge in [0.2, 0.25) is 0 Å². The second-order valence-electron chi connectivity index (χ2n) is 9.30. The minimum absolute atomic E-state index is 0.0259. The lowest BCUT2D eigenvalue weighted by Crippen LogP contribution is -2.38. The topological polar surface area (TPSA) is 52.8 Å². The normalized spacial score (nSPS) is 16.2. The quantitative estimate of drug-likeness (QED) is 0.177. The van der Waals surface area contributed by atoms with Crippen molar-refractivity contribution in [3.8, 4) is 11.5 Å². The van der Waals surface area contributed by atoms with Gasteiger partial charge in [-0.05, 0) is 111 Å². The number of aryl methyl sites for hydroxylation is 1. The number of nitrogens with zero attached hydrogens (tertiary/aromatic N) is 2. The van der Waals surface area contributed by atoms with Crippen molar-refractivity contribution < 1.29 is 9.47 Å². The lowest BCUT2D eigenvalue weighted by atomic mass is 9.83. The van der Waals surface area contributed by atoms with E-state index in [-0.39, 0.29) is 11.6 Å². The number of hydrogen-bond donors (Lipinski definition) is 0. The maximum Gasteiger partial charge on any atom is 0.271 e. The van der Waals surface area contributed by atoms with Crippen LogP contribution in [0, 0.1) is 7.14 Å². The van der Waals surface area contributed by atoms with Crippen molar-refractivity contribution in [3.05, 3.63) is 128 Å². The molecular formula is C31H24I2N2O3S. The van der Waals surface area contributed by atoms with E-state index >= 15 is 0 Å². The number of rotatable bonds is 6. The Morgan fingerprint density at radius 2 is 1.85 bits per heavy atom. The fourth-order valence-corrected chi connectivity index (χ4v) is 8.33. The Kier molecular flexibility index (Phi) is 7.52. The highest BCUT2D eigenvalue weighted by Crippen LogP contribution is 2.41. The van der Waals surface area contributed by atoms with Gasteiger partial charge in [0.15, 0.2) is 4.80 Å². The Labute approximate surface area is 257 Å². The van der Waals surface area contributed by atoms with E-state index in [2.05, 4.69) is 88.2 Å². The first-order chi connectivity index (χ1) is 19.0. The van der Waals surface area contributed by atoms with E-state index in [4.69, 9.17) is 14.5 Å². The summed E-state index contributed by atoms with van der Waals surface area (Å²) in [7, 11) is 1.66. The fourth-order valence-electron chi connectivity index (χ4n) is 5.20. The minimum atomic E-state index is -0.215. The molecule has 0 N–H and O–H groups in total. The van der Waals surface area contributed by atoms with E-state index in [0.717, 1.165) is 58.7 Å². The molecule has 0 amide bonds. The van der Waals surface area contributed by atoms with Crippen LogP contribution in [0.2, 0.25) is 0 Å². The van der Waals surface area contributed by atoms with Crippen LogP contribution < -0.4 is 24.4 Å². The molecule has 39 heavy (non-hydrogen) atoms. The Bertz CT molecular complexity index is 1800. The molecule has 5 nitrogen and oxygen atoms in total. The highest BCUT2D eigenvalue weighted by Gasteiger charge is 2.32. The average Bonchev–Trinajstić information content (AvgIpc) is 3.25. The van der Waals surface area contributed by atoms with E-state index < -0.39 is 0 Å². The molecule has 0 saturated carbocycles. The zero-order valence-electron chi connectivity index (χ0n) is 21.1. The average molecular weight is 758 g/mol. The van der Waals surface area contributed by atoms with Crippen molar-refractivity contribution in [2.45, 2.75) is 18.9 Å². The van der Waals surface area contributed by atoms with Crippen molar-refractivity contribution in [1.29, 1.82) is 0 Å². The number of aromatic nitrogens is 1. The summed E-state index contributed by atoms with van der Waals surface area (Å²) in [6.45, 7) is 4.18. The zero-order chi connectivity index (χ0) is 27.1. The van der Waals surface area contributed by atoms with Crippen LogP contribution in [0.1, 0.15) is 34.7 Å². The summed E-state index contributed by atoms with van der Waals surface area (Å²) >= 11 is 6.00. The lowest BCUT2D eigenvalue weighted by Gasteiger charge is -2.30. The zero-order valence-corrected chi connectivity index (χ0v) is 26.2. The van der Waals surface area contributed by atoms with Gasteiger partial charge >= 0.3 is 0 Å². The highest BCUT2D eigenvalue weighted by atomic mass is 127. The number of thiazole rings is 1. The molecule has 8 heteroatoms. The van der Waals surface area contributed by atoms with Crippen LogP contribution in [0.25, 0.3) is 11.8 Å². The number of halogens is 2. The van der Waals surface area contributed by atoms with Gasteiger partial charge in [-0.15, -0.1) is 0 Å². The molecule has 1 atom stereocenters. The third-order valence-electron chi connectivity index (χ3n) is 6.97. The number of allylic oxidation sites excluding steroid dienone is 1. The van der Waals surface area contributed by atoms with Gasteiger partial charge in [0.05, 0.1) is 30.5 Å². The van der Waals surface area contributed by atoms with Gasteiger partial charge in [0.1, 0.15) is 18.1 Å². The minimum Gasteiger partial charge on any atom is -0.497 e. The van der Waals surface area contributed by atoms with E-state index in [0.29, 0.717) is 11.1 Å². The lowest BCUT2D eigenvalue weighted by molar-refractivity contribution is 0.358. The Morgan fingerprint density at radius 1 is 1.10 bits per heavy atom. The molecule has 1 aliphatic heterocycles. The van der Waals surface area contributed by atoms with E-state index in [1.165, 1.54) is 22.5 Å². The van der Waals surface area contributed by atoms with Crippen LogP contribution in [-0.2, 0) is 6.42 Å². The van der Waals surface area contributed by atoms with E-state index in [9.17, 15) is 4.79 Å². The number of fused-ring (bicyclic) bond motifs is 3. The van der Waals surface area contributed by atoms with Gasteiger partial charge in [-0.3, -0.25) is 9.36 Å². The first-order valence-corrected chi connectivity index (χ1v) is 15.5. The molecule has 196 valence electrons. The first-order valence-electron chi connectivity index (χ1n) is 12.5. The highest BCUT2D eigenvalue weighted by molar-refractivity contribution is 14.1. The van der Waals surface area contributed by atoms with E-state index in [1.807, 2.05) is 34.9 Å². The first kappa shape index (κ1) is 26.5. The van der Waals surface area contributed by atoms with Crippen molar-refractivity contribution >= 4 is 68.3 Å². The number of benzene rings is 3. The molecule has 1 aliphatic carbocycles. The Hall–Kier alpha value is -2.70. The van der Waals surface area contributed by atoms with Gasteiger partial charge in [-0.1, -0.05) is 60.4 Å². The summed E-state index contributed by atoms with van der Waals surface area (Å²) in [5.41, 5.74) is 6.63. The molecule has 0 radical (unpaired) electrons. The monoisotopic (exact) mass is 758 g/mol. The molecule has 3 aromatic carbocycles. The standard InChI is InChI=1S/C31H24I2N2O3S/c1-3-14-38-29-24(32)15-18(16-25(29)33)17-26-30(36)35-28(20-8-11-21(37-2)12-9-20)23-13-10-19-6-4-5-7-22(19)27(23)34-31(35)39-26/h3-9,11-12,15-17,28H,1,10,13-14H2,2H3/b26-17-/t28-/m0/s1. The number of methoxy groups -OCH3 is 1. The molecule has 0 spiro atoms. The molecule has 2 aliphatic rings. The maximum absolute atomic E-state index is 14.0. The second kappa shape index (κ2) is 11.1. The third-order valence-corrected chi connectivity index (χ3v) is 9.55. The summed E-state index contributed by atoms with van der Waals surface area (Å²) in [5, 5.41) is 0. The summed E-state index contributed by atoms with van der Waals surface area (Å²) in [6, 6.07) is 20.4. The van der Waals surface area contributed by atoms with Crippen molar-refractivity contribution in [2.24, 2.45) is 4.99 Å². The van der Waals surface area contributed by atoms with Gasteiger partial charge < -0.3 is 9.47 Å². The molecule has 0 unspecified atom stereocenters. The number of ether oxygens (including phenoxy) is 2. The van der Waals surface area contributed by atoms with Gasteiger partial charge in [-0.25, -0.2) is 4.99 Å². The molecule has 4 aromatic rings. The van der Waals surface area contributed by atoms with Crippen LogP contribution >= 0.6 is 56.5 Å². The maximum atomic E-state index is 14.0. The summed E-state index contributed by atoms with van der Waals surface area (Å²) < 4.78 is 15.8. The van der Waals surface area contributed by atoms with Crippen LogP contribution in [0.5, 0.6) is 11.5 Å². The predicted molar refractivity (Wildman–Crippen MR) is 173 cm³/mol. The smallest absolute Gasteiger partial charge is 0.271 e. The molecule has 0 fully saturated rings. The Balaban J connectivity index is 1.54. The fraction of sp³-hybridized carbons (Fsp3) is 0.161. The van der Waals surface area contributed by atoms with Crippen molar-refractivity contribution in [3.63, 3.8) is 0 Å². The van der Waals surface area contributed by atoms with Gasteiger partial charge in [0, 0.05) is 5.56 Å². The molecule has 2 heterocycles. The predicted octanol–water partition coefficient (Wildman–Crippen LogP) is 6.10. The van der Waals surface area contributed by atoms with Crippen LogP contribution in [0.4, 0.5) is 0 Å². The van der Waals surface area contributed by atoms with Crippen molar-refractivity contribution in [1.82, 2.24) is 4.57 Å². The molecule has 6 rings (SSSR count). The third kappa shape index (κ3) is 4.91. The van der Waals surface area contributed by atoms with E-state index in [1.54, 1.807) is 13.2 Å². The summed E-state index contributed by atoms with van der Waals surface area (Å²) in [5.74, 6) is 1.62. The SMILES string of the molecule is C=CCOc1c(I)cc(/C=c2\sc3n(c2=O)[C@@H](c2ccc(OC)cc2)C2=C(N=3)c3ccccc3CC2)cc1I.